The summed E-state index contributed by atoms with van der Waals surface area (Å²) in [6, 6.07) is 14.0. The van der Waals surface area contributed by atoms with Crippen LogP contribution in [-0.2, 0) is 4.79 Å². The van der Waals surface area contributed by atoms with Crippen LogP contribution in [0.5, 0.6) is 5.75 Å². The van der Waals surface area contributed by atoms with Crippen molar-refractivity contribution in [2.24, 2.45) is 0 Å². The Labute approximate surface area is 157 Å². The van der Waals surface area contributed by atoms with Gasteiger partial charge in [-0.1, -0.05) is 12.1 Å². The number of ether oxygens (including phenoxy) is 1. The van der Waals surface area contributed by atoms with Crippen LogP contribution in [0.1, 0.15) is 5.56 Å². The Morgan fingerprint density at radius 2 is 1.74 bits per heavy atom. The Morgan fingerprint density at radius 3 is 2.37 bits per heavy atom. The molecule has 2 aromatic rings. The number of anilines is 1. The van der Waals surface area contributed by atoms with E-state index in [2.05, 4.69) is 4.90 Å². The fourth-order valence-electron chi connectivity index (χ4n) is 3.04. The second-order valence-corrected chi connectivity index (χ2v) is 6.17. The van der Waals surface area contributed by atoms with E-state index in [0.717, 1.165) is 30.1 Å². The zero-order chi connectivity index (χ0) is 19.2. The van der Waals surface area contributed by atoms with Gasteiger partial charge in [0.15, 0.2) is 0 Å². The van der Waals surface area contributed by atoms with Crippen molar-refractivity contribution in [3.8, 4) is 5.75 Å². The van der Waals surface area contributed by atoms with E-state index in [9.17, 15) is 14.9 Å². The maximum atomic E-state index is 12.4. The summed E-state index contributed by atoms with van der Waals surface area (Å²) in [4.78, 5) is 26.6. The number of nitrogens with zero attached hydrogens (tertiary/aromatic N) is 3. The summed E-state index contributed by atoms with van der Waals surface area (Å²) >= 11 is 0. The van der Waals surface area contributed by atoms with E-state index < -0.39 is 4.92 Å². The van der Waals surface area contributed by atoms with Crippen molar-refractivity contribution in [2.75, 3.05) is 38.2 Å². The second-order valence-electron chi connectivity index (χ2n) is 6.17. The first kappa shape index (κ1) is 18.4. The van der Waals surface area contributed by atoms with Crippen LogP contribution >= 0.6 is 0 Å². The largest absolute Gasteiger partial charge is 0.495 e. The predicted octanol–water partition coefficient (Wildman–Crippen LogP) is 2.97. The number of rotatable bonds is 5. The first-order valence-corrected chi connectivity index (χ1v) is 8.68. The molecule has 1 aliphatic heterocycles. The molecule has 0 N–H and O–H groups in total. The first-order chi connectivity index (χ1) is 13.1. The van der Waals surface area contributed by atoms with E-state index in [-0.39, 0.29) is 11.6 Å². The Morgan fingerprint density at radius 1 is 1.07 bits per heavy atom. The predicted molar refractivity (Wildman–Crippen MR) is 104 cm³/mol. The van der Waals surface area contributed by atoms with Crippen LogP contribution < -0.4 is 9.64 Å². The van der Waals surface area contributed by atoms with Gasteiger partial charge in [-0.3, -0.25) is 14.9 Å². The standard InChI is InChI=1S/C20H21N3O4/c1-27-19-5-3-2-4-18(19)21-12-14-22(15-13-21)20(24)11-8-16-6-9-17(10-7-16)23(25)26/h2-11H,12-15H2,1H3/b11-8+. The molecule has 7 nitrogen and oxygen atoms in total. The molecule has 0 atom stereocenters. The molecule has 2 aromatic carbocycles. The molecule has 3 rings (SSSR count). The molecule has 1 amide bonds. The lowest BCUT2D eigenvalue weighted by Crippen LogP contribution is -2.48. The van der Waals surface area contributed by atoms with E-state index in [1.165, 1.54) is 18.2 Å². The maximum Gasteiger partial charge on any atom is 0.269 e. The summed E-state index contributed by atoms with van der Waals surface area (Å²) in [5, 5.41) is 10.7. The van der Waals surface area contributed by atoms with Gasteiger partial charge >= 0.3 is 0 Å². The van der Waals surface area contributed by atoms with Gasteiger partial charge < -0.3 is 14.5 Å². The summed E-state index contributed by atoms with van der Waals surface area (Å²) in [5.74, 6) is 0.767. The Kier molecular flexibility index (Phi) is 5.71. The number of carbonyl (C=O) groups excluding carboxylic acids is 1. The molecule has 1 saturated heterocycles. The van der Waals surface area contributed by atoms with Crippen LogP contribution in [0.3, 0.4) is 0 Å². The fraction of sp³-hybridized carbons (Fsp3) is 0.250. The van der Waals surface area contributed by atoms with Crippen molar-refractivity contribution in [2.45, 2.75) is 0 Å². The van der Waals surface area contributed by atoms with Crippen molar-refractivity contribution in [3.05, 3.63) is 70.3 Å². The lowest BCUT2D eigenvalue weighted by Gasteiger charge is -2.36. The highest BCUT2D eigenvalue weighted by Crippen LogP contribution is 2.28. The molecular weight excluding hydrogens is 346 g/mol. The Balaban J connectivity index is 1.57. The molecule has 0 bridgehead atoms. The summed E-state index contributed by atoms with van der Waals surface area (Å²) in [5.41, 5.74) is 1.82. The minimum absolute atomic E-state index is 0.0333. The highest BCUT2D eigenvalue weighted by Gasteiger charge is 2.21. The molecule has 0 radical (unpaired) electrons. The maximum absolute atomic E-state index is 12.4. The van der Waals surface area contributed by atoms with Crippen molar-refractivity contribution >= 4 is 23.4 Å². The summed E-state index contributed by atoms with van der Waals surface area (Å²) < 4.78 is 5.41. The molecule has 1 heterocycles. The monoisotopic (exact) mass is 367 g/mol. The van der Waals surface area contributed by atoms with E-state index in [0.29, 0.717) is 13.1 Å². The number of nitro benzene ring substituents is 1. The number of benzene rings is 2. The van der Waals surface area contributed by atoms with Crippen LogP contribution in [-0.4, -0.2) is 49.0 Å². The summed E-state index contributed by atoms with van der Waals surface area (Å²) in [6.45, 7) is 2.72. The highest BCUT2D eigenvalue weighted by atomic mass is 16.6. The third kappa shape index (κ3) is 4.44. The van der Waals surface area contributed by atoms with Gasteiger partial charge in [0.25, 0.3) is 5.69 Å². The Hall–Kier alpha value is -3.35. The molecule has 7 heteroatoms. The molecule has 0 saturated carbocycles. The van der Waals surface area contributed by atoms with Gasteiger partial charge in [0.2, 0.25) is 5.91 Å². The van der Waals surface area contributed by atoms with Gasteiger partial charge in [0.05, 0.1) is 17.7 Å². The van der Waals surface area contributed by atoms with E-state index in [4.69, 9.17) is 4.74 Å². The number of hydrogen-bond donors (Lipinski definition) is 0. The quantitative estimate of drug-likeness (QED) is 0.461. The lowest BCUT2D eigenvalue weighted by atomic mass is 10.2. The van der Waals surface area contributed by atoms with E-state index in [1.54, 1.807) is 30.2 Å². The summed E-state index contributed by atoms with van der Waals surface area (Å²) in [7, 11) is 1.65. The normalized spacial score (nSPS) is 14.4. The number of piperazine rings is 1. The van der Waals surface area contributed by atoms with Crippen LogP contribution in [0.4, 0.5) is 11.4 Å². The SMILES string of the molecule is COc1ccccc1N1CCN(C(=O)/C=C/c2ccc([N+](=O)[O-])cc2)CC1. The van der Waals surface area contributed by atoms with Crippen molar-refractivity contribution in [1.82, 2.24) is 4.90 Å². The number of para-hydroxylation sites is 2. The fourth-order valence-corrected chi connectivity index (χ4v) is 3.04. The topological polar surface area (TPSA) is 75.9 Å². The molecule has 0 unspecified atom stereocenters. The van der Waals surface area contributed by atoms with Crippen LogP contribution in [0.25, 0.3) is 6.08 Å². The average Bonchev–Trinajstić information content (AvgIpc) is 2.72. The zero-order valence-corrected chi connectivity index (χ0v) is 15.1. The molecule has 0 spiro atoms. The molecule has 27 heavy (non-hydrogen) atoms. The van der Waals surface area contributed by atoms with Crippen LogP contribution in [0.15, 0.2) is 54.6 Å². The summed E-state index contributed by atoms with van der Waals surface area (Å²) in [6.07, 6.45) is 3.19. The minimum Gasteiger partial charge on any atom is -0.495 e. The first-order valence-electron chi connectivity index (χ1n) is 8.68. The highest BCUT2D eigenvalue weighted by molar-refractivity contribution is 5.92. The average molecular weight is 367 g/mol. The molecule has 0 aliphatic carbocycles. The zero-order valence-electron chi connectivity index (χ0n) is 15.1. The number of carbonyl (C=O) groups is 1. The van der Waals surface area contributed by atoms with Crippen LogP contribution in [0, 0.1) is 10.1 Å². The van der Waals surface area contributed by atoms with Gasteiger partial charge in [-0.05, 0) is 35.9 Å². The van der Waals surface area contributed by atoms with Gasteiger partial charge in [0.1, 0.15) is 5.75 Å². The van der Waals surface area contributed by atoms with Crippen molar-refractivity contribution in [3.63, 3.8) is 0 Å². The molecular formula is C20H21N3O4. The number of amides is 1. The van der Waals surface area contributed by atoms with Gasteiger partial charge in [0, 0.05) is 44.4 Å². The molecule has 1 fully saturated rings. The molecule has 0 aromatic heterocycles. The minimum atomic E-state index is -0.445. The Bertz CT molecular complexity index is 841. The third-order valence-electron chi connectivity index (χ3n) is 4.54. The number of methoxy groups -OCH3 is 1. The van der Waals surface area contributed by atoms with Gasteiger partial charge in [-0.15, -0.1) is 0 Å². The molecule has 1 aliphatic rings. The number of nitro groups is 1. The smallest absolute Gasteiger partial charge is 0.269 e. The van der Waals surface area contributed by atoms with Crippen LogP contribution in [0.2, 0.25) is 0 Å². The van der Waals surface area contributed by atoms with Crippen molar-refractivity contribution < 1.29 is 14.5 Å². The third-order valence-corrected chi connectivity index (χ3v) is 4.54. The van der Waals surface area contributed by atoms with E-state index >= 15 is 0 Å². The van der Waals surface area contributed by atoms with Gasteiger partial charge in [-0.25, -0.2) is 0 Å². The van der Waals surface area contributed by atoms with Crippen molar-refractivity contribution in [1.29, 1.82) is 0 Å². The number of non-ortho nitro benzene ring substituents is 1. The number of hydrogen-bond acceptors (Lipinski definition) is 5. The van der Waals surface area contributed by atoms with E-state index in [1.807, 2.05) is 24.3 Å². The second kappa shape index (κ2) is 8.35. The molecule has 140 valence electrons. The lowest BCUT2D eigenvalue weighted by molar-refractivity contribution is -0.384. The van der Waals surface area contributed by atoms with Gasteiger partial charge in [-0.2, -0.15) is 0 Å².